The minimum atomic E-state index is 0.116. The van der Waals surface area contributed by atoms with Crippen LogP contribution in [-0.2, 0) is 12.8 Å². The number of hydrogen-bond acceptors (Lipinski definition) is 1. The minimum Gasteiger partial charge on any atom is -0.285 e. The van der Waals surface area contributed by atoms with E-state index in [1.165, 1.54) is 62.6 Å². The molecule has 4 aliphatic rings. The summed E-state index contributed by atoms with van der Waals surface area (Å²) in [5, 5.41) is 7.66. The summed E-state index contributed by atoms with van der Waals surface area (Å²) in [6.07, 6.45) is 18.8. The first-order valence-corrected chi connectivity index (χ1v) is 10.4. The fourth-order valence-electron chi connectivity index (χ4n) is 7.97. The molecule has 0 saturated heterocycles. The van der Waals surface area contributed by atoms with Gasteiger partial charge in [-0.05, 0) is 98.4 Å². The third-order valence-electron chi connectivity index (χ3n) is 9.81. The van der Waals surface area contributed by atoms with Gasteiger partial charge in [0.15, 0.2) is 0 Å². The highest BCUT2D eigenvalue weighted by atomic mass is 15.1. The van der Waals surface area contributed by atoms with Crippen molar-refractivity contribution in [2.24, 2.45) is 39.9 Å². The Morgan fingerprint density at radius 2 is 1.92 bits per heavy atom. The Balaban J connectivity index is 1.50. The molecule has 1 heterocycles. The van der Waals surface area contributed by atoms with Gasteiger partial charge in [0.05, 0.1) is 5.69 Å². The van der Waals surface area contributed by atoms with E-state index in [0.29, 0.717) is 10.8 Å². The van der Waals surface area contributed by atoms with Crippen LogP contribution in [-0.4, -0.2) is 10.2 Å². The van der Waals surface area contributed by atoms with Crippen LogP contribution in [0.15, 0.2) is 6.20 Å². The van der Waals surface area contributed by atoms with Gasteiger partial charge in [0.2, 0.25) is 0 Å². The molecule has 7 atom stereocenters. The number of nitrogens with one attached hydrogen (secondary N) is 1. The maximum Gasteiger partial charge on any atom is 0.0657 e. The topological polar surface area (TPSA) is 28.7 Å². The minimum absolute atomic E-state index is 0.116. The van der Waals surface area contributed by atoms with Crippen molar-refractivity contribution in [3.63, 3.8) is 0 Å². The Morgan fingerprint density at radius 3 is 2.72 bits per heavy atom. The van der Waals surface area contributed by atoms with Crippen molar-refractivity contribution in [2.75, 3.05) is 0 Å². The van der Waals surface area contributed by atoms with Gasteiger partial charge in [0.1, 0.15) is 0 Å². The van der Waals surface area contributed by atoms with Gasteiger partial charge in [0.25, 0.3) is 0 Å². The second-order valence-electron chi connectivity index (χ2n) is 10.4. The lowest BCUT2D eigenvalue weighted by Crippen LogP contribution is -2.55. The fourth-order valence-corrected chi connectivity index (χ4v) is 7.97. The van der Waals surface area contributed by atoms with Crippen LogP contribution in [0.3, 0.4) is 0 Å². The average molecular weight is 337 g/mol. The number of fused-ring (bicyclic) bond motifs is 6. The van der Waals surface area contributed by atoms with Crippen molar-refractivity contribution in [3.05, 3.63) is 17.5 Å². The van der Waals surface area contributed by atoms with Gasteiger partial charge in [-0.1, -0.05) is 19.8 Å². The van der Waals surface area contributed by atoms with Crippen LogP contribution >= 0.6 is 0 Å². The Hall–Kier alpha value is -1.23. The lowest BCUT2D eigenvalue weighted by molar-refractivity contribution is -0.105. The van der Waals surface area contributed by atoms with E-state index in [0.717, 1.165) is 23.7 Å². The molecular formula is C23H32N2. The third kappa shape index (κ3) is 1.85. The molecule has 0 amide bonds. The van der Waals surface area contributed by atoms with Gasteiger partial charge >= 0.3 is 0 Å². The molecule has 134 valence electrons. The first-order chi connectivity index (χ1) is 11.9. The highest BCUT2D eigenvalue weighted by molar-refractivity contribution is 5.26. The second-order valence-corrected chi connectivity index (χ2v) is 10.4. The number of rotatable bonds is 0. The molecule has 4 aliphatic carbocycles. The Morgan fingerprint density at radius 1 is 1.12 bits per heavy atom. The van der Waals surface area contributed by atoms with Gasteiger partial charge < -0.3 is 0 Å². The molecule has 2 nitrogen and oxygen atoms in total. The first kappa shape index (κ1) is 16.0. The second kappa shape index (κ2) is 4.93. The molecule has 1 N–H and O–H groups in total. The molecule has 25 heavy (non-hydrogen) atoms. The van der Waals surface area contributed by atoms with Crippen molar-refractivity contribution >= 4 is 0 Å². The number of terminal acetylenes is 1. The molecule has 0 radical (unpaired) electrons. The number of aromatic amines is 1. The average Bonchev–Trinajstić information content (AvgIpc) is 3.14. The van der Waals surface area contributed by atoms with E-state index in [9.17, 15) is 0 Å². The zero-order valence-corrected chi connectivity index (χ0v) is 16.1. The molecular weight excluding hydrogens is 304 g/mol. The molecule has 2 heteroatoms. The molecule has 3 fully saturated rings. The quantitative estimate of drug-likeness (QED) is 0.663. The highest BCUT2D eigenvalue weighted by Gasteiger charge is 2.63. The third-order valence-corrected chi connectivity index (χ3v) is 9.81. The number of hydrogen-bond donors (Lipinski definition) is 1. The maximum absolute atomic E-state index is 6.04. The van der Waals surface area contributed by atoms with Crippen molar-refractivity contribution in [1.29, 1.82) is 0 Å². The van der Waals surface area contributed by atoms with E-state index in [1.807, 2.05) is 0 Å². The summed E-state index contributed by atoms with van der Waals surface area (Å²) in [5.74, 6) is 6.68. The fraction of sp³-hybridized carbons (Fsp3) is 0.783. The Labute approximate surface area is 152 Å². The van der Waals surface area contributed by atoms with E-state index in [1.54, 1.807) is 0 Å². The molecule has 0 aromatic carbocycles. The van der Waals surface area contributed by atoms with E-state index >= 15 is 0 Å². The predicted molar refractivity (Wildman–Crippen MR) is 101 cm³/mol. The summed E-state index contributed by atoms with van der Waals surface area (Å²) in [7, 11) is 0. The van der Waals surface area contributed by atoms with E-state index in [4.69, 9.17) is 6.42 Å². The Kier molecular flexibility index (Phi) is 3.15. The standard InChI is InChI=1S/C23H32N2/c1-5-21(2)10-8-19-17-7-6-16-12-20-15(14-24-25-20)13-22(16,3)18(17)9-11-23(19,21)4/h1,14,16-19H,6-13H2,2-4H3,(H,24,25)/t16?,17?,18-,19-,21-,22-,23-/m0/s1. The lowest BCUT2D eigenvalue weighted by Gasteiger charge is -2.61. The predicted octanol–water partition coefficient (Wildman–Crippen LogP) is 5.01. The van der Waals surface area contributed by atoms with Gasteiger partial charge in [-0.3, -0.25) is 5.10 Å². The van der Waals surface area contributed by atoms with Crippen LogP contribution in [0.1, 0.15) is 70.6 Å². The summed E-state index contributed by atoms with van der Waals surface area (Å²) in [4.78, 5) is 0. The zero-order valence-electron chi connectivity index (χ0n) is 16.1. The molecule has 0 bridgehead atoms. The molecule has 0 spiro atoms. The first-order valence-electron chi connectivity index (χ1n) is 10.4. The number of aromatic nitrogens is 2. The molecule has 5 rings (SSSR count). The van der Waals surface area contributed by atoms with Crippen molar-refractivity contribution < 1.29 is 0 Å². The molecule has 0 aliphatic heterocycles. The van der Waals surface area contributed by atoms with Crippen molar-refractivity contribution in [3.8, 4) is 12.3 Å². The van der Waals surface area contributed by atoms with Gasteiger partial charge in [-0.2, -0.15) is 5.10 Å². The molecule has 2 unspecified atom stereocenters. The normalized spacial score (nSPS) is 51.0. The van der Waals surface area contributed by atoms with Crippen LogP contribution < -0.4 is 0 Å². The number of nitrogens with zero attached hydrogens (tertiary/aromatic N) is 1. The van der Waals surface area contributed by atoms with Gasteiger partial charge in [0, 0.05) is 11.6 Å². The maximum atomic E-state index is 6.04. The van der Waals surface area contributed by atoms with Crippen LogP contribution in [0.4, 0.5) is 0 Å². The van der Waals surface area contributed by atoms with Crippen LogP contribution in [0.2, 0.25) is 0 Å². The van der Waals surface area contributed by atoms with Crippen molar-refractivity contribution in [1.82, 2.24) is 10.2 Å². The molecule has 3 saturated carbocycles. The summed E-state index contributed by atoms with van der Waals surface area (Å²) >= 11 is 0. The highest BCUT2D eigenvalue weighted by Crippen LogP contribution is 2.69. The monoisotopic (exact) mass is 336 g/mol. The van der Waals surface area contributed by atoms with Crippen molar-refractivity contribution in [2.45, 2.75) is 72.1 Å². The Bertz CT molecular complexity index is 742. The molecule has 1 aromatic rings. The van der Waals surface area contributed by atoms with Gasteiger partial charge in [-0.25, -0.2) is 0 Å². The molecule has 1 aromatic heterocycles. The van der Waals surface area contributed by atoms with Crippen LogP contribution in [0.5, 0.6) is 0 Å². The van der Waals surface area contributed by atoms with E-state index < -0.39 is 0 Å². The largest absolute Gasteiger partial charge is 0.285 e. The number of H-pyrrole nitrogens is 1. The van der Waals surface area contributed by atoms with Gasteiger partial charge in [-0.15, -0.1) is 6.42 Å². The lowest BCUT2D eigenvalue weighted by atomic mass is 9.44. The summed E-state index contributed by atoms with van der Waals surface area (Å²) < 4.78 is 0. The smallest absolute Gasteiger partial charge is 0.0657 e. The summed E-state index contributed by atoms with van der Waals surface area (Å²) in [6.45, 7) is 7.52. The van der Waals surface area contributed by atoms with E-state index in [2.05, 4.69) is 43.1 Å². The summed E-state index contributed by atoms with van der Waals surface area (Å²) in [5.41, 5.74) is 3.79. The van der Waals surface area contributed by atoms with E-state index in [-0.39, 0.29) is 5.41 Å². The zero-order chi connectivity index (χ0) is 17.4. The summed E-state index contributed by atoms with van der Waals surface area (Å²) in [6, 6.07) is 0. The van der Waals surface area contributed by atoms with Crippen LogP contribution in [0.25, 0.3) is 0 Å². The SMILES string of the molecule is C#C[C@@]1(C)CC[C@H]2C3CCC4Cc5n[nH]cc5C[C@]4(C)[C@H]3CC[C@@]21C. The van der Waals surface area contributed by atoms with Crippen LogP contribution in [0, 0.1) is 52.3 Å².